The number of aromatic nitrogens is 2. The molecule has 130 valence electrons. The highest BCUT2D eigenvalue weighted by molar-refractivity contribution is 6.02. The molecule has 0 radical (unpaired) electrons. The van der Waals surface area contributed by atoms with E-state index in [2.05, 4.69) is 15.3 Å². The van der Waals surface area contributed by atoms with Gasteiger partial charge in [0.15, 0.2) is 5.69 Å². The zero-order chi connectivity index (χ0) is 17.6. The molecule has 0 aliphatic carbocycles. The number of carbonyl (C=O) groups is 1. The number of ether oxygens (including phenoxy) is 1. The Bertz CT molecular complexity index is 838. The van der Waals surface area contributed by atoms with E-state index >= 15 is 0 Å². The largest absolute Gasteiger partial charge is 0.394 e. The van der Waals surface area contributed by atoms with Crippen molar-refractivity contribution in [2.24, 2.45) is 0 Å². The van der Waals surface area contributed by atoms with Crippen LogP contribution in [-0.4, -0.2) is 48.9 Å². The number of benzene rings is 1. The van der Waals surface area contributed by atoms with Gasteiger partial charge in [0.1, 0.15) is 0 Å². The van der Waals surface area contributed by atoms with Gasteiger partial charge in [0.2, 0.25) is 11.2 Å². The lowest BCUT2D eigenvalue weighted by molar-refractivity contribution is 0.103. The zero-order valence-corrected chi connectivity index (χ0v) is 14.0. The van der Waals surface area contributed by atoms with Crippen LogP contribution in [0, 0.1) is 0 Å². The van der Waals surface area contributed by atoms with Gasteiger partial charge in [-0.2, -0.15) is 5.10 Å². The third kappa shape index (κ3) is 3.77. The first-order valence-electron chi connectivity index (χ1n) is 8.11. The summed E-state index contributed by atoms with van der Waals surface area (Å²) in [5.74, 6) is -0.433. The molecule has 1 aromatic heterocycles. The van der Waals surface area contributed by atoms with Crippen molar-refractivity contribution in [3.05, 3.63) is 64.7 Å². The van der Waals surface area contributed by atoms with Crippen LogP contribution < -0.4 is 15.6 Å². The first-order chi connectivity index (χ1) is 12.2. The Labute approximate surface area is 145 Å². The van der Waals surface area contributed by atoms with E-state index in [1.54, 1.807) is 17.9 Å². The molecule has 25 heavy (non-hydrogen) atoms. The van der Waals surface area contributed by atoms with E-state index in [0.29, 0.717) is 13.2 Å². The molecule has 0 amide bonds. The second kappa shape index (κ2) is 7.76. The van der Waals surface area contributed by atoms with Crippen molar-refractivity contribution < 1.29 is 9.53 Å². The summed E-state index contributed by atoms with van der Waals surface area (Å²) >= 11 is 0. The molecule has 1 fully saturated rings. The number of hydrogen-bond donors (Lipinski definition) is 1. The Balaban J connectivity index is 2.01. The summed E-state index contributed by atoms with van der Waals surface area (Å²) in [7, 11) is 1.68. The first kappa shape index (κ1) is 16.9. The molecule has 1 N–H and O–H groups in total. The van der Waals surface area contributed by atoms with E-state index < -0.39 is 11.2 Å². The Morgan fingerprint density at radius 1 is 1.20 bits per heavy atom. The number of anilines is 1. The molecule has 0 saturated carbocycles. The van der Waals surface area contributed by atoms with Crippen LogP contribution >= 0.6 is 0 Å². The highest BCUT2D eigenvalue weighted by Crippen LogP contribution is 2.24. The van der Waals surface area contributed by atoms with Crippen molar-refractivity contribution in [1.82, 2.24) is 15.1 Å². The van der Waals surface area contributed by atoms with Crippen molar-refractivity contribution in [2.75, 3.05) is 38.3 Å². The normalized spacial score (nSPS) is 14.7. The van der Waals surface area contributed by atoms with Crippen LogP contribution in [0.1, 0.15) is 10.5 Å². The number of nitrogens with zero attached hydrogens (tertiary/aromatic N) is 3. The highest BCUT2D eigenvalue weighted by atomic mass is 16.5. The number of para-hydroxylation sites is 2. The number of rotatable bonds is 5. The van der Waals surface area contributed by atoms with Crippen LogP contribution in [0.4, 0.5) is 5.69 Å². The topological polar surface area (TPSA) is 76.5 Å². The molecule has 7 nitrogen and oxygen atoms in total. The van der Waals surface area contributed by atoms with Crippen molar-refractivity contribution in [3.63, 3.8) is 0 Å². The van der Waals surface area contributed by atoms with Gasteiger partial charge in [-0.15, -0.1) is 0 Å². The van der Waals surface area contributed by atoms with E-state index in [9.17, 15) is 9.59 Å². The van der Waals surface area contributed by atoms with E-state index in [-0.39, 0.29) is 5.69 Å². The second-order valence-corrected chi connectivity index (χ2v) is 5.55. The summed E-state index contributed by atoms with van der Waals surface area (Å²) in [4.78, 5) is 26.4. The molecule has 0 atom stereocenters. The van der Waals surface area contributed by atoms with Gasteiger partial charge < -0.3 is 15.0 Å². The maximum atomic E-state index is 12.2. The van der Waals surface area contributed by atoms with Crippen LogP contribution in [0.5, 0.6) is 0 Å². The monoisotopic (exact) mass is 340 g/mol. The summed E-state index contributed by atoms with van der Waals surface area (Å²) in [6.45, 7) is 2.91. The summed E-state index contributed by atoms with van der Waals surface area (Å²) in [5, 5.41) is 7.00. The van der Waals surface area contributed by atoms with Crippen molar-refractivity contribution >= 4 is 11.5 Å². The molecule has 1 aliphatic rings. The average molecular weight is 340 g/mol. The Morgan fingerprint density at radius 2 is 1.92 bits per heavy atom. The van der Waals surface area contributed by atoms with Crippen LogP contribution in [0.15, 0.2) is 53.6 Å². The number of morpholine rings is 1. The quantitative estimate of drug-likeness (QED) is 0.646. The van der Waals surface area contributed by atoms with E-state index in [0.717, 1.165) is 24.5 Å². The minimum absolute atomic E-state index is 0.106. The minimum atomic E-state index is -0.433. The molecule has 0 spiro atoms. The second-order valence-electron chi connectivity index (χ2n) is 5.55. The highest BCUT2D eigenvalue weighted by Gasteiger charge is 2.17. The number of nitrogens with one attached hydrogen (secondary N) is 1. The van der Waals surface area contributed by atoms with Gasteiger partial charge in [0.25, 0.3) is 0 Å². The standard InChI is InChI=1S/C18H20N4O3/c1-19-8-6-16(23)18-17(24)7-9-22(20-18)15-5-3-2-4-14(15)21-10-12-25-13-11-21/h2-9,19H,10-13H2,1H3. The minimum Gasteiger partial charge on any atom is -0.394 e. The van der Waals surface area contributed by atoms with E-state index in [4.69, 9.17) is 4.74 Å². The molecule has 1 aliphatic heterocycles. The van der Waals surface area contributed by atoms with Gasteiger partial charge in [0.05, 0.1) is 24.6 Å². The maximum absolute atomic E-state index is 12.2. The number of allylic oxidation sites excluding steroid dienone is 1. The SMILES string of the molecule is CNC=CC(=O)c1nn(-c2ccccc2N2CCOCC2)ccc1=O. The number of ketones is 1. The summed E-state index contributed by atoms with van der Waals surface area (Å²) in [6.07, 6.45) is 4.35. The maximum Gasteiger partial charge on any atom is 0.211 e. The van der Waals surface area contributed by atoms with Gasteiger partial charge in [0, 0.05) is 44.7 Å². The molecule has 0 unspecified atom stereocenters. The lowest BCUT2D eigenvalue weighted by Gasteiger charge is -2.30. The first-order valence-corrected chi connectivity index (χ1v) is 8.11. The molecule has 1 saturated heterocycles. The van der Waals surface area contributed by atoms with Gasteiger partial charge >= 0.3 is 0 Å². The molecule has 2 aromatic rings. The smallest absolute Gasteiger partial charge is 0.211 e. The summed E-state index contributed by atoms with van der Waals surface area (Å²) in [5.41, 5.74) is 1.30. The molecule has 0 bridgehead atoms. The Morgan fingerprint density at radius 3 is 2.64 bits per heavy atom. The molecular weight excluding hydrogens is 320 g/mol. The third-order valence-electron chi connectivity index (χ3n) is 3.92. The van der Waals surface area contributed by atoms with Crippen LogP contribution in [-0.2, 0) is 4.74 Å². The lowest BCUT2D eigenvalue weighted by atomic mass is 10.2. The lowest BCUT2D eigenvalue weighted by Crippen LogP contribution is -2.37. The summed E-state index contributed by atoms with van der Waals surface area (Å²) in [6, 6.07) is 9.15. The van der Waals surface area contributed by atoms with Crippen LogP contribution in [0.3, 0.4) is 0 Å². The van der Waals surface area contributed by atoms with Crippen LogP contribution in [0.2, 0.25) is 0 Å². The van der Waals surface area contributed by atoms with Gasteiger partial charge in [-0.25, -0.2) is 4.68 Å². The van der Waals surface area contributed by atoms with Crippen molar-refractivity contribution in [2.45, 2.75) is 0 Å². The van der Waals surface area contributed by atoms with Crippen molar-refractivity contribution in [3.8, 4) is 5.69 Å². The molecular formula is C18H20N4O3. The number of hydrogen-bond acceptors (Lipinski definition) is 6. The predicted octanol–water partition coefficient (Wildman–Crippen LogP) is 0.985. The Kier molecular flexibility index (Phi) is 5.25. The fourth-order valence-electron chi connectivity index (χ4n) is 2.68. The molecule has 7 heteroatoms. The third-order valence-corrected chi connectivity index (χ3v) is 3.92. The average Bonchev–Trinajstić information content (AvgIpc) is 2.67. The van der Waals surface area contributed by atoms with Crippen molar-refractivity contribution in [1.29, 1.82) is 0 Å². The molecule has 1 aromatic carbocycles. The summed E-state index contributed by atoms with van der Waals surface area (Å²) < 4.78 is 6.98. The van der Waals surface area contributed by atoms with E-state index in [1.807, 2.05) is 24.3 Å². The van der Waals surface area contributed by atoms with Gasteiger partial charge in [-0.1, -0.05) is 12.1 Å². The fourth-order valence-corrected chi connectivity index (χ4v) is 2.68. The van der Waals surface area contributed by atoms with Gasteiger partial charge in [-0.3, -0.25) is 9.59 Å². The van der Waals surface area contributed by atoms with Gasteiger partial charge in [-0.05, 0) is 12.1 Å². The molecule has 3 rings (SSSR count). The number of carbonyl (C=O) groups excluding carboxylic acids is 1. The Hall–Kier alpha value is -2.93. The fraction of sp³-hybridized carbons (Fsp3) is 0.278. The zero-order valence-electron chi connectivity index (χ0n) is 14.0. The predicted molar refractivity (Wildman–Crippen MR) is 95.4 cm³/mol. The van der Waals surface area contributed by atoms with Crippen LogP contribution in [0.25, 0.3) is 5.69 Å². The van der Waals surface area contributed by atoms with E-state index in [1.165, 1.54) is 18.3 Å². The molecule has 2 heterocycles.